The Bertz CT molecular complexity index is 812. The summed E-state index contributed by atoms with van der Waals surface area (Å²) in [5.74, 6) is -0.948. The molecule has 1 aliphatic rings. The second kappa shape index (κ2) is 7.98. The first-order valence-corrected chi connectivity index (χ1v) is 11.3. The minimum absolute atomic E-state index is 0.119. The second-order valence-electron chi connectivity index (χ2n) is 6.26. The first-order valence-electron chi connectivity index (χ1n) is 8.17. The second-order valence-corrected chi connectivity index (χ2v) is 9.82. The molecule has 0 amide bonds. The molecule has 0 radical (unpaired) electrons. The van der Waals surface area contributed by atoms with Gasteiger partial charge in [0.15, 0.2) is 0 Å². The van der Waals surface area contributed by atoms with Crippen molar-refractivity contribution in [1.29, 1.82) is 0 Å². The van der Waals surface area contributed by atoms with E-state index in [0.717, 1.165) is 12.1 Å². The summed E-state index contributed by atoms with van der Waals surface area (Å²) in [7, 11) is -7.53. The third kappa shape index (κ3) is 5.37. The molecule has 7 nitrogen and oxygen atoms in total. The highest BCUT2D eigenvalue weighted by Crippen LogP contribution is 2.22. The molecule has 1 fully saturated rings. The van der Waals surface area contributed by atoms with E-state index in [1.54, 1.807) is 6.92 Å². The van der Waals surface area contributed by atoms with E-state index < -0.39 is 25.9 Å². The number of hydrogen-bond acceptors (Lipinski definition) is 5. The van der Waals surface area contributed by atoms with Crippen molar-refractivity contribution >= 4 is 25.7 Å². The molecule has 3 N–H and O–H groups in total. The molecule has 1 heterocycles. The van der Waals surface area contributed by atoms with Crippen LogP contribution in [-0.2, 0) is 20.0 Å². The van der Waals surface area contributed by atoms with Gasteiger partial charge in [-0.15, -0.1) is 0 Å². The van der Waals surface area contributed by atoms with Gasteiger partial charge in [-0.25, -0.2) is 25.9 Å². The van der Waals surface area contributed by atoms with Crippen molar-refractivity contribution in [2.45, 2.75) is 37.6 Å². The van der Waals surface area contributed by atoms with Crippen LogP contribution < -0.4 is 14.8 Å². The molecule has 25 heavy (non-hydrogen) atoms. The van der Waals surface area contributed by atoms with Crippen LogP contribution in [0.5, 0.6) is 0 Å². The molecule has 1 saturated heterocycles. The van der Waals surface area contributed by atoms with Gasteiger partial charge in [-0.05, 0) is 50.0 Å². The van der Waals surface area contributed by atoms with Gasteiger partial charge in [0.2, 0.25) is 20.0 Å². The zero-order valence-electron chi connectivity index (χ0n) is 14.2. The molecule has 1 aliphatic heterocycles. The van der Waals surface area contributed by atoms with Crippen LogP contribution in [0.1, 0.15) is 26.7 Å². The summed E-state index contributed by atoms with van der Waals surface area (Å²) in [5.41, 5.74) is -0.261. The summed E-state index contributed by atoms with van der Waals surface area (Å²) in [6, 6.07) is 2.93. The fourth-order valence-corrected chi connectivity index (χ4v) is 5.22. The van der Waals surface area contributed by atoms with E-state index >= 15 is 0 Å². The van der Waals surface area contributed by atoms with Crippen LogP contribution in [0, 0.1) is 11.7 Å². The molecular weight excluding hydrogens is 369 g/mol. The van der Waals surface area contributed by atoms with Gasteiger partial charge in [0.1, 0.15) is 5.82 Å². The van der Waals surface area contributed by atoms with Crippen LogP contribution in [0.4, 0.5) is 10.1 Å². The summed E-state index contributed by atoms with van der Waals surface area (Å²) in [6.07, 6.45) is 1.04. The molecule has 10 heteroatoms. The van der Waals surface area contributed by atoms with Gasteiger partial charge in [0, 0.05) is 6.04 Å². The van der Waals surface area contributed by atoms with E-state index in [1.165, 1.54) is 6.07 Å². The van der Waals surface area contributed by atoms with E-state index in [9.17, 15) is 21.2 Å². The minimum atomic E-state index is -3.88. The lowest BCUT2D eigenvalue weighted by atomic mass is 9.97. The smallest absolute Gasteiger partial charge is 0.240 e. The summed E-state index contributed by atoms with van der Waals surface area (Å²) in [6.45, 7) is 5.05. The SMILES string of the molecule is CCCS(=O)(=O)Nc1ccc(S(=O)(=O)NC2CCNCC2C)cc1F. The predicted molar refractivity (Wildman–Crippen MR) is 94.9 cm³/mol. The highest BCUT2D eigenvalue weighted by atomic mass is 32.2. The average molecular weight is 394 g/mol. The third-order valence-corrected chi connectivity index (χ3v) is 7.05. The molecule has 2 rings (SSSR count). The van der Waals surface area contributed by atoms with Crippen molar-refractivity contribution in [2.75, 3.05) is 23.6 Å². The summed E-state index contributed by atoms with van der Waals surface area (Å²) in [5, 5.41) is 3.18. The van der Waals surface area contributed by atoms with Crippen molar-refractivity contribution in [3.8, 4) is 0 Å². The van der Waals surface area contributed by atoms with Crippen LogP contribution in [-0.4, -0.2) is 41.7 Å². The van der Waals surface area contributed by atoms with Crippen LogP contribution in [0.3, 0.4) is 0 Å². The molecule has 0 aliphatic carbocycles. The van der Waals surface area contributed by atoms with Gasteiger partial charge in [0.05, 0.1) is 16.3 Å². The monoisotopic (exact) mass is 393 g/mol. The lowest BCUT2D eigenvalue weighted by Gasteiger charge is -2.30. The summed E-state index contributed by atoms with van der Waals surface area (Å²) < 4.78 is 67.3. The first-order chi connectivity index (χ1) is 11.6. The highest BCUT2D eigenvalue weighted by Gasteiger charge is 2.27. The van der Waals surface area contributed by atoms with E-state index in [0.29, 0.717) is 25.9 Å². The van der Waals surface area contributed by atoms with Gasteiger partial charge in [-0.3, -0.25) is 4.72 Å². The fraction of sp³-hybridized carbons (Fsp3) is 0.600. The van der Waals surface area contributed by atoms with Crippen molar-refractivity contribution in [3.05, 3.63) is 24.0 Å². The maximum absolute atomic E-state index is 14.2. The molecule has 0 spiro atoms. The Kier molecular flexibility index (Phi) is 6.41. The van der Waals surface area contributed by atoms with Crippen molar-refractivity contribution < 1.29 is 21.2 Å². The molecule has 2 atom stereocenters. The standard InChI is InChI=1S/C15H24FN3O4S2/c1-3-8-24(20,21)18-15-5-4-12(9-13(15)16)25(22,23)19-14-6-7-17-10-11(14)2/h4-5,9,11,14,17-19H,3,6-8,10H2,1-2H3. The molecular formula is C15H24FN3O4S2. The summed E-state index contributed by atoms with van der Waals surface area (Å²) in [4.78, 5) is -0.228. The molecule has 0 aromatic heterocycles. The van der Waals surface area contributed by atoms with Crippen LogP contribution in [0.2, 0.25) is 0 Å². The minimum Gasteiger partial charge on any atom is -0.316 e. The Labute approximate surface area is 148 Å². The van der Waals surface area contributed by atoms with Crippen LogP contribution in [0.15, 0.2) is 23.1 Å². The Morgan fingerprint density at radius 2 is 2.00 bits per heavy atom. The number of sulfonamides is 2. The molecule has 0 bridgehead atoms. The van der Waals surface area contributed by atoms with Crippen molar-refractivity contribution in [1.82, 2.24) is 10.0 Å². The maximum Gasteiger partial charge on any atom is 0.240 e. The first kappa shape index (κ1) is 20.1. The number of rotatable bonds is 7. The lowest BCUT2D eigenvalue weighted by Crippen LogP contribution is -2.48. The molecule has 1 aromatic rings. The quantitative estimate of drug-likeness (QED) is 0.647. The maximum atomic E-state index is 14.2. The Morgan fingerprint density at radius 3 is 2.60 bits per heavy atom. The molecule has 0 saturated carbocycles. The van der Waals surface area contributed by atoms with Gasteiger partial charge < -0.3 is 5.32 Å². The lowest BCUT2D eigenvalue weighted by molar-refractivity contribution is 0.328. The van der Waals surface area contributed by atoms with Gasteiger partial charge in [0.25, 0.3) is 0 Å². The van der Waals surface area contributed by atoms with E-state index in [4.69, 9.17) is 0 Å². The Morgan fingerprint density at radius 1 is 1.28 bits per heavy atom. The van der Waals surface area contributed by atoms with E-state index in [1.807, 2.05) is 6.92 Å². The zero-order valence-corrected chi connectivity index (χ0v) is 15.9. The largest absolute Gasteiger partial charge is 0.316 e. The summed E-state index contributed by atoms with van der Waals surface area (Å²) >= 11 is 0. The average Bonchev–Trinajstić information content (AvgIpc) is 2.51. The third-order valence-electron chi connectivity index (χ3n) is 4.08. The Hall–Kier alpha value is -1.23. The number of hydrogen-bond donors (Lipinski definition) is 3. The Balaban J connectivity index is 2.18. The van der Waals surface area contributed by atoms with Crippen LogP contribution >= 0.6 is 0 Å². The number of nitrogens with one attached hydrogen (secondary N) is 3. The number of benzene rings is 1. The zero-order chi connectivity index (χ0) is 18.7. The van der Waals surface area contributed by atoms with Gasteiger partial charge >= 0.3 is 0 Å². The van der Waals surface area contributed by atoms with E-state index in [2.05, 4.69) is 14.8 Å². The predicted octanol–water partition coefficient (Wildman–Crippen LogP) is 1.25. The van der Waals surface area contributed by atoms with Crippen LogP contribution in [0.25, 0.3) is 0 Å². The number of piperidine rings is 1. The highest BCUT2D eigenvalue weighted by molar-refractivity contribution is 7.92. The molecule has 142 valence electrons. The van der Waals surface area contributed by atoms with Gasteiger partial charge in [-0.1, -0.05) is 13.8 Å². The molecule has 1 aromatic carbocycles. The number of anilines is 1. The van der Waals surface area contributed by atoms with E-state index in [-0.39, 0.29) is 28.3 Å². The van der Waals surface area contributed by atoms with Crippen molar-refractivity contribution in [3.63, 3.8) is 0 Å². The topological polar surface area (TPSA) is 104 Å². The van der Waals surface area contributed by atoms with Crippen molar-refractivity contribution in [2.24, 2.45) is 5.92 Å². The molecule has 2 unspecified atom stereocenters. The number of halogens is 1. The fourth-order valence-electron chi connectivity index (χ4n) is 2.69. The van der Waals surface area contributed by atoms with Gasteiger partial charge in [-0.2, -0.15) is 0 Å². The normalized spacial score (nSPS) is 21.9.